The van der Waals surface area contributed by atoms with Crippen molar-refractivity contribution in [3.05, 3.63) is 22.7 Å². The zero-order valence-corrected chi connectivity index (χ0v) is 13.8. The number of hydrogen-bond acceptors (Lipinski definition) is 5. The highest BCUT2D eigenvalue weighted by molar-refractivity contribution is 7.99. The summed E-state index contributed by atoms with van der Waals surface area (Å²) in [5.74, 6) is 3.79. The Morgan fingerprint density at radius 3 is 2.95 bits per heavy atom. The second-order valence-electron chi connectivity index (χ2n) is 5.46. The smallest absolute Gasteiger partial charge is 0.179 e. The van der Waals surface area contributed by atoms with E-state index in [9.17, 15) is 0 Å². The van der Waals surface area contributed by atoms with Crippen LogP contribution in [-0.2, 0) is 0 Å². The maximum absolute atomic E-state index is 6.34. The van der Waals surface area contributed by atoms with Gasteiger partial charge in [-0.25, -0.2) is 0 Å². The third-order valence-electron chi connectivity index (χ3n) is 4.20. The molecule has 2 N–H and O–H groups in total. The lowest BCUT2D eigenvalue weighted by molar-refractivity contribution is 0.169. The predicted molar refractivity (Wildman–Crippen MR) is 87.7 cm³/mol. The Labute approximate surface area is 134 Å². The summed E-state index contributed by atoms with van der Waals surface area (Å²) in [6, 6.07) is 4.72. The SMILES string of the molecule is CN(C1CCSC1)C(CN)c1cc(Cl)c2c(c1)OCCO2. The van der Waals surface area contributed by atoms with Crippen molar-refractivity contribution in [1.82, 2.24) is 4.90 Å². The van der Waals surface area contributed by atoms with Crippen molar-refractivity contribution < 1.29 is 9.47 Å². The molecule has 2 aliphatic heterocycles. The van der Waals surface area contributed by atoms with Crippen LogP contribution in [0.4, 0.5) is 0 Å². The van der Waals surface area contributed by atoms with Crippen molar-refractivity contribution in [2.75, 3.05) is 38.3 Å². The van der Waals surface area contributed by atoms with Crippen molar-refractivity contribution in [2.45, 2.75) is 18.5 Å². The third kappa shape index (κ3) is 3.11. The summed E-state index contributed by atoms with van der Waals surface area (Å²) < 4.78 is 11.2. The Kier molecular flexibility index (Phi) is 4.84. The fourth-order valence-corrected chi connectivity index (χ4v) is 4.51. The van der Waals surface area contributed by atoms with Gasteiger partial charge in [-0.1, -0.05) is 11.6 Å². The van der Waals surface area contributed by atoms with E-state index in [0.29, 0.717) is 36.6 Å². The van der Waals surface area contributed by atoms with E-state index < -0.39 is 0 Å². The van der Waals surface area contributed by atoms with Gasteiger partial charge < -0.3 is 15.2 Å². The number of ether oxygens (including phenoxy) is 2. The molecule has 3 rings (SSSR count). The highest BCUT2D eigenvalue weighted by Gasteiger charge is 2.28. The molecule has 2 atom stereocenters. The minimum absolute atomic E-state index is 0.155. The van der Waals surface area contributed by atoms with Gasteiger partial charge in [-0.2, -0.15) is 11.8 Å². The normalized spacial score (nSPS) is 22.6. The van der Waals surface area contributed by atoms with E-state index in [2.05, 4.69) is 11.9 Å². The molecule has 116 valence electrons. The van der Waals surface area contributed by atoms with Crippen molar-refractivity contribution in [3.63, 3.8) is 0 Å². The molecule has 1 aromatic rings. The summed E-state index contributed by atoms with van der Waals surface area (Å²) in [7, 11) is 2.15. The lowest BCUT2D eigenvalue weighted by Crippen LogP contribution is -2.38. The van der Waals surface area contributed by atoms with Crippen LogP contribution in [-0.4, -0.2) is 49.3 Å². The van der Waals surface area contributed by atoms with Crippen molar-refractivity contribution in [1.29, 1.82) is 0 Å². The van der Waals surface area contributed by atoms with Crippen molar-refractivity contribution in [2.24, 2.45) is 5.73 Å². The van der Waals surface area contributed by atoms with Gasteiger partial charge in [0, 0.05) is 24.4 Å². The molecular weight excluding hydrogens is 308 g/mol. The second-order valence-corrected chi connectivity index (χ2v) is 7.02. The van der Waals surface area contributed by atoms with Crippen LogP contribution in [0.3, 0.4) is 0 Å². The first-order chi connectivity index (χ1) is 10.2. The van der Waals surface area contributed by atoms with Crippen molar-refractivity contribution >= 4 is 23.4 Å². The van der Waals surface area contributed by atoms with Gasteiger partial charge in [0.15, 0.2) is 11.5 Å². The lowest BCUT2D eigenvalue weighted by Gasteiger charge is -2.33. The molecule has 1 fully saturated rings. The van der Waals surface area contributed by atoms with Crippen molar-refractivity contribution in [3.8, 4) is 11.5 Å². The predicted octanol–water partition coefficient (Wildman–Crippen LogP) is 2.55. The molecule has 6 heteroatoms. The standard InChI is InChI=1S/C15H21ClN2O2S/c1-18(11-2-5-21-9-11)13(8-17)10-6-12(16)15-14(7-10)19-3-4-20-15/h6-7,11,13H,2-5,8-9,17H2,1H3. The molecule has 0 bridgehead atoms. The van der Waals surface area contributed by atoms with E-state index in [1.165, 1.54) is 17.9 Å². The molecule has 0 aromatic heterocycles. The molecule has 2 unspecified atom stereocenters. The summed E-state index contributed by atoms with van der Waals surface area (Å²) in [5.41, 5.74) is 7.14. The molecule has 1 aromatic carbocycles. The minimum Gasteiger partial charge on any atom is -0.486 e. The molecule has 0 radical (unpaired) electrons. The summed E-state index contributed by atoms with van der Waals surface area (Å²) >= 11 is 8.35. The van der Waals surface area contributed by atoms with Gasteiger partial charge >= 0.3 is 0 Å². The largest absolute Gasteiger partial charge is 0.486 e. The molecule has 4 nitrogen and oxygen atoms in total. The Bertz CT molecular complexity index is 509. The molecule has 0 saturated carbocycles. The average Bonchev–Trinajstić information content (AvgIpc) is 3.02. The molecule has 2 heterocycles. The molecular formula is C15H21ClN2O2S. The number of halogens is 1. The first kappa shape index (κ1) is 15.3. The number of benzene rings is 1. The topological polar surface area (TPSA) is 47.7 Å². The number of hydrogen-bond donors (Lipinski definition) is 1. The molecule has 1 saturated heterocycles. The fraction of sp³-hybridized carbons (Fsp3) is 0.600. The second kappa shape index (κ2) is 6.65. The zero-order chi connectivity index (χ0) is 14.8. The van der Waals surface area contributed by atoms with E-state index in [4.69, 9.17) is 26.8 Å². The van der Waals surface area contributed by atoms with E-state index in [-0.39, 0.29) is 6.04 Å². The summed E-state index contributed by atoms with van der Waals surface area (Å²) in [5, 5.41) is 0.606. The van der Waals surface area contributed by atoms with E-state index in [0.717, 1.165) is 11.3 Å². The van der Waals surface area contributed by atoms with Crippen LogP contribution in [0.5, 0.6) is 11.5 Å². The van der Waals surface area contributed by atoms with Crippen LogP contribution >= 0.6 is 23.4 Å². The highest BCUT2D eigenvalue weighted by Crippen LogP contribution is 2.41. The number of likely N-dealkylation sites (N-methyl/N-ethyl adjacent to an activating group) is 1. The van der Waals surface area contributed by atoms with Crippen LogP contribution in [0.1, 0.15) is 18.0 Å². The summed E-state index contributed by atoms with van der Waals surface area (Å²) in [4.78, 5) is 2.38. The maximum Gasteiger partial charge on any atom is 0.179 e. The molecule has 0 aliphatic carbocycles. The van der Waals surface area contributed by atoms with Crippen LogP contribution in [0.15, 0.2) is 12.1 Å². The van der Waals surface area contributed by atoms with Gasteiger partial charge in [0.05, 0.1) is 5.02 Å². The van der Waals surface area contributed by atoms with Gasteiger partial charge in [-0.3, -0.25) is 4.90 Å². The van der Waals surface area contributed by atoms with Crippen LogP contribution in [0.2, 0.25) is 5.02 Å². The third-order valence-corrected chi connectivity index (χ3v) is 5.63. The monoisotopic (exact) mass is 328 g/mol. The number of thioether (sulfide) groups is 1. The lowest BCUT2D eigenvalue weighted by atomic mass is 10.0. The average molecular weight is 329 g/mol. The molecule has 0 amide bonds. The molecule has 0 spiro atoms. The first-order valence-electron chi connectivity index (χ1n) is 7.29. The van der Waals surface area contributed by atoms with Crippen LogP contribution < -0.4 is 15.2 Å². The van der Waals surface area contributed by atoms with Gasteiger partial charge in [0.25, 0.3) is 0 Å². The van der Waals surface area contributed by atoms with Crippen LogP contribution in [0.25, 0.3) is 0 Å². The zero-order valence-electron chi connectivity index (χ0n) is 12.2. The number of nitrogens with two attached hydrogens (primary N) is 1. The summed E-state index contributed by atoms with van der Waals surface area (Å²) in [6.45, 7) is 1.68. The number of nitrogens with zero attached hydrogens (tertiary/aromatic N) is 1. The van der Waals surface area contributed by atoms with E-state index >= 15 is 0 Å². The Morgan fingerprint density at radius 1 is 1.43 bits per heavy atom. The number of fused-ring (bicyclic) bond motifs is 1. The number of rotatable bonds is 4. The van der Waals surface area contributed by atoms with E-state index in [1.54, 1.807) is 0 Å². The molecule has 2 aliphatic rings. The van der Waals surface area contributed by atoms with Gasteiger partial charge in [0.2, 0.25) is 0 Å². The van der Waals surface area contributed by atoms with Gasteiger partial charge in [-0.15, -0.1) is 0 Å². The highest BCUT2D eigenvalue weighted by atomic mass is 35.5. The van der Waals surface area contributed by atoms with Crippen LogP contribution in [0, 0.1) is 0 Å². The quantitative estimate of drug-likeness (QED) is 0.920. The van der Waals surface area contributed by atoms with Gasteiger partial charge in [-0.05, 0) is 36.9 Å². The first-order valence-corrected chi connectivity index (χ1v) is 8.82. The Hall–Kier alpha value is -0.620. The van der Waals surface area contributed by atoms with E-state index in [1.807, 2.05) is 23.9 Å². The Morgan fingerprint density at radius 2 is 2.24 bits per heavy atom. The Balaban J connectivity index is 1.88. The molecule has 21 heavy (non-hydrogen) atoms. The summed E-state index contributed by atoms with van der Waals surface area (Å²) in [6.07, 6.45) is 1.22. The minimum atomic E-state index is 0.155. The fourth-order valence-electron chi connectivity index (χ4n) is 2.96. The maximum atomic E-state index is 6.34. The van der Waals surface area contributed by atoms with Gasteiger partial charge in [0.1, 0.15) is 13.2 Å².